The van der Waals surface area contributed by atoms with E-state index in [1.54, 1.807) is 6.08 Å². The Morgan fingerprint density at radius 1 is 1.56 bits per heavy atom. The van der Waals surface area contributed by atoms with Gasteiger partial charge >= 0.3 is 0 Å². The number of ether oxygens (including phenoxy) is 1. The summed E-state index contributed by atoms with van der Waals surface area (Å²) in [6.07, 6.45) is 17.0. The van der Waals surface area contributed by atoms with Crippen molar-refractivity contribution in [3.05, 3.63) is 24.3 Å². The zero-order chi connectivity index (χ0) is 13.4. The molecule has 0 aromatic carbocycles. The molecular formula is C15H20BrClO. The minimum atomic E-state index is 0.00281. The van der Waals surface area contributed by atoms with Crippen LogP contribution in [-0.4, -0.2) is 22.4 Å². The molecule has 100 valence electrons. The zero-order valence-electron chi connectivity index (χ0n) is 10.7. The molecule has 1 aliphatic heterocycles. The van der Waals surface area contributed by atoms with Crippen molar-refractivity contribution in [3.8, 4) is 12.3 Å². The first-order chi connectivity index (χ1) is 8.69. The van der Waals surface area contributed by atoms with Crippen molar-refractivity contribution in [2.24, 2.45) is 0 Å². The second kappa shape index (κ2) is 8.80. The molecule has 0 N–H and O–H groups in total. The highest BCUT2D eigenvalue weighted by Gasteiger charge is 2.26. The first-order valence-electron chi connectivity index (χ1n) is 6.38. The van der Waals surface area contributed by atoms with Crippen molar-refractivity contribution in [1.82, 2.24) is 0 Å². The predicted octanol–water partition coefficient (Wildman–Crippen LogP) is 4.45. The van der Waals surface area contributed by atoms with Crippen LogP contribution in [0.4, 0.5) is 0 Å². The summed E-state index contributed by atoms with van der Waals surface area (Å²) in [7, 11) is 0. The van der Waals surface area contributed by atoms with Crippen LogP contribution in [0.1, 0.15) is 32.6 Å². The molecule has 1 aliphatic rings. The molecule has 3 heteroatoms. The van der Waals surface area contributed by atoms with Crippen molar-refractivity contribution >= 4 is 27.5 Å². The van der Waals surface area contributed by atoms with Gasteiger partial charge in [-0.05, 0) is 31.8 Å². The monoisotopic (exact) mass is 330 g/mol. The highest BCUT2D eigenvalue weighted by Crippen LogP contribution is 2.26. The lowest BCUT2D eigenvalue weighted by Gasteiger charge is -2.30. The van der Waals surface area contributed by atoms with Crippen LogP contribution in [0, 0.1) is 12.3 Å². The summed E-state index contributed by atoms with van der Waals surface area (Å²) >= 11 is 10.1. The number of hydrogen-bond acceptors (Lipinski definition) is 1. The summed E-state index contributed by atoms with van der Waals surface area (Å²) in [5, 5.41) is 0.00281. The molecule has 18 heavy (non-hydrogen) atoms. The zero-order valence-corrected chi connectivity index (χ0v) is 13.0. The molecule has 0 radical (unpaired) electrons. The summed E-state index contributed by atoms with van der Waals surface area (Å²) in [5.41, 5.74) is 0. The van der Waals surface area contributed by atoms with Crippen LogP contribution in [-0.2, 0) is 4.74 Å². The molecule has 1 rings (SSSR count). The highest BCUT2D eigenvalue weighted by molar-refractivity contribution is 9.09. The van der Waals surface area contributed by atoms with Gasteiger partial charge in [-0.3, -0.25) is 0 Å². The predicted molar refractivity (Wildman–Crippen MR) is 82.3 cm³/mol. The normalized spacial score (nSPS) is 30.7. The highest BCUT2D eigenvalue weighted by atomic mass is 79.9. The van der Waals surface area contributed by atoms with Crippen molar-refractivity contribution in [2.75, 3.05) is 0 Å². The number of hydrogen-bond donors (Lipinski definition) is 0. The molecular weight excluding hydrogens is 312 g/mol. The van der Waals surface area contributed by atoms with E-state index in [0.717, 1.165) is 25.7 Å². The molecule has 0 unspecified atom stereocenters. The fourth-order valence-electron chi connectivity index (χ4n) is 1.94. The van der Waals surface area contributed by atoms with E-state index in [-0.39, 0.29) is 17.6 Å². The molecule has 0 spiro atoms. The summed E-state index contributed by atoms with van der Waals surface area (Å²) in [6.45, 7) is 2.15. The molecule has 0 bridgehead atoms. The van der Waals surface area contributed by atoms with Gasteiger partial charge < -0.3 is 4.74 Å². The van der Waals surface area contributed by atoms with Gasteiger partial charge in [0.15, 0.2) is 0 Å². The van der Waals surface area contributed by atoms with Gasteiger partial charge in [0.05, 0.1) is 17.6 Å². The number of rotatable bonds is 4. The van der Waals surface area contributed by atoms with Crippen LogP contribution in [0.5, 0.6) is 0 Å². The van der Waals surface area contributed by atoms with Crippen molar-refractivity contribution in [3.63, 3.8) is 0 Å². The quantitative estimate of drug-likeness (QED) is 0.420. The molecule has 0 aliphatic carbocycles. The first-order valence-corrected chi connectivity index (χ1v) is 7.74. The number of terminal acetylenes is 1. The average molecular weight is 332 g/mol. The third-order valence-corrected chi connectivity index (χ3v) is 4.72. The van der Waals surface area contributed by atoms with Crippen molar-refractivity contribution in [1.29, 1.82) is 0 Å². The molecule has 0 saturated heterocycles. The molecule has 1 nitrogen and oxygen atoms in total. The molecule has 0 aromatic rings. The van der Waals surface area contributed by atoms with Gasteiger partial charge in [-0.15, -0.1) is 18.0 Å². The second-order valence-corrected chi connectivity index (χ2v) is 6.14. The summed E-state index contributed by atoms with van der Waals surface area (Å²) < 4.78 is 6.15. The lowest BCUT2D eigenvalue weighted by molar-refractivity contribution is -0.0122. The van der Waals surface area contributed by atoms with E-state index in [1.807, 2.05) is 6.08 Å². The Labute approximate surface area is 124 Å². The second-order valence-electron chi connectivity index (χ2n) is 4.40. The summed E-state index contributed by atoms with van der Waals surface area (Å²) in [6, 6.07) is 0. The summed E-state index contributed by atoms with van der Waals surface area (Å²) in [4.78, 5) is 0.364. The Morgan fingerprint density at radius 2 is 2.28 bits per heavy atom. The SMILES string of the molecule is C#C/C=C\C[C@H]1O[C@@H]([C@H](Br)CC)CC=CC[C@H]1Cl. The lowest BCUT2D eigenvalue weighted by Crippen LogP contribution is -2.34. The van der Waals surface area contributed by atoms with Gasteiger partial charge in [-0.25, -0.2) is 0 Å². The number of alkyl halides is 2. The standard InChI is InChI=1S/C15H20BrClO/c1-3-5-6-11-15-13(17)9-7-8-10-14(18-15)12(16)4-2/h1,5-8,12-15H,4,9-11H2,2H3/b6-5-,8-7?/t12-,13-,14-,15-/m1/s1. The fraction of sp³-hybridized carbons (Fsp3) is 0.600. The number of allylic oxidation sites excluding steroid dienone is 2. The fourth-order valence-corrected chi connectivity index (χ4v) is 2.55. The lowest BCUT2D eigenvalue weighted by atomic mass is 10.0. The third-order valence-electron chi connectivity index (χ3n) is 3.03. The van der Waals surface area contributed by atoms with E-state index < -0.39 is 0 Å². The van der Waals surface area contributed by atoms with Gasteiger partial charge in [-0.1, -0.05) is 47.0 Å². The van der Waals surface area contributed by atoms with E-state index in [9.17, 15) is 0 Å². The van der Waals surface area contributed by atoms with Gasteiger partial charge in [0.25, 0.3) is 0 Å². The number of halogens is 2. The van der Waals surface area contributed by atoms with E-state index in [1.165, 1.54) is 0 Å². The topological polar surface area (TPSA) is 9.23 Å². The molecule has 4 atom stereocenters. The molecule has 0 amide bonds. The van der Waals surface area contributed by atoms with Gasteiger partial charge in [0.1, 0.15) is 0 Å². The average Bonchev–Trinajstić information content (AvgIpc) is 2.37. The van der Waals surface area contributed by atoms with Crippen LogP contribution in [0.15, 0.2) is 24.3 Å². The molecule has 1 heterocycles. The van der Waals surface area contributed by atoms with Crippen LogP contribution in [0.25, 0.3) is 0 Å². The Kier molecular flexibility index (Phi) is 7.74. The van der Waals surface area contributed by atoms with Crippen LogP contribution in [0.3, 0.4) is 0 Å². The Morgan fingerprint density at radius 3 is 2.94 bits per heavy atom. The Balaban J connectivity index is 2.69. The van der Waals surface area contributed by atoms with Crippen molar-refractivity contribution < 1.29 is 4.74 Å². The van der Waals surface area contributed by atoms with Crippen molar-refractivity contribution in [2.45, 2.75) is 55.0 Å². The Bertz CT molecular complexity index is 332. The van der Waals surface area contributed by atoms with Crippen LogP contribution in [0.2, 0.25) is 0 Å². The maximum absolute atomic E-state index is 6.37. The molecule has 0 aromatic heterocycles. The van der Waals surface area contributed by atoms with Gasteiger partial charge in [0, 0.05) is 4.83 Å². The maximum atomic E-state index is 6.37. The van der Waals surface area contributed by atoms with Gasteiger partial charge in [0.2, 0.25) is 0 Å². The minimum Gasteiger partial charge on any atom is -0.372 e. The maximum Gasteiger partial charge on any atom is 0.0780 e. The molecule has 0 saturated carbocycles. The van der Waals surface area contributed by atoms with E-state index in [2.05, 4.69) is 40.9 Å². The smallest absolute Gasteiger partial charge is 0.0780 e. The molecule has 0 fully saturated rings. The summed E-state index contributed by atoms with van der Waals surface area (Å²) in [5.74, 6) is 2.49. The van der Waals surface area contributed by atoms with Gasteiger partial charge in [-0.2, -0.15) is 0 Å². The van der Waals surface area contributed by atoms with Crippen LogP contribution >= 0.6 is 27.5 Å². The Hall–Kier alpha value is -0.230. The van der Waals surface area contributed by atoms with E-state index >= 15 is 0 Å². The minimum absolute atomic E-state index is 0.00281. The first kappa shape index (κ1) is 15.8. The third kappa shape index (κ3) is 5.18. The van der Waals surface area contributed by atoms with Crippen LogP contribution < -0.4 is 0 Å². The van der Waals surface area contributed by atoms with E-state index in [4.69, 9.17) is 22.8 Å². The van der Waals surface area contributed by atoms with E-state index in [0.29, 0.717) is 4.83 Å². The largest absolute Gasteiger partial charge is 0.372 e.